The van der Waals surface area contributed by atoms with Crippen molar-refractivity contribution in [3.8, 4) is 45.3 Å². The zero-order valence-electron chi connectivity index (χ0n) is 51.7. The van der Waals surface area contributed by atoms with E-state index in [4.69, 9.17) is 9.47 Å². The van der Waals surface area contributed by atoms with E-state index < -0.39 is 0 Å². The first-order valence-corrected chi connectivity index (χ1v) is 33.7. The molecule has 432 valence electrons. The molecule has 0 atom stereocenters. The van der Waals surface area contributed by atoms with Crippen molar-refractivity contribution < 1.29 is 9.47 Å². The Morgan fingerprint density at radius 3 is 1.11 bits per heavy atom. The van der Waals surface area contributed by atoms with E-state index in [0.29, 0.717) is 29.6 Å². The maximum Gasteiger partial charge on any atom is 0.256 e. The summed E-state index contributed by atoms with van der Waals surface area (Å²) in [6, 6.07) is 67.6. The fraction of sp³-hybridized carbons (Fsp3) is 0.333. The Kier molecular flexibility index (Phi) is 12.9. The third-order valence-corrected chi connectivity index (χ3v) is 22.3. The van der Waals surface area contributed by atoms with Crippen LogP contribution in [0.15, 0.2) is 170 Å². The fourth-order valence-corrected chi connectivity index (χ4v) is 17.5. The van der Waals surface area contributed by atoms with Gasteiger partial charge in [-0.1, -0.05) is 207 Å². The molecule has 0 aromatic heterocycles. The molecule has 4 fully saturated rings. The highest BCUT2D eigenvalue weighted by atomic mass is 16.5. The molecule has 4 nitrogen and oxygen atoms in total. The van der Waals surface area contributed by atoms with Crippen LogP contribution >= 0.6 is 0 Å². The summed E-state index contributed by atoms with van der Waals surface area (Å²) in [5, 5.41) is 0. The molecule has 0 spiro atoms. The van der Waals surface area contributed by atoms with E-state index in [1.165, 1.54) is 203 Å². The summed E-state index contributed by atoms with van der Waals surface area (Å²) in [4.78, 5) is 5.25. The summed E-state index contributed by atoms with van der Waals surface area (Å²) in [5.74, 6) is 6.50. The monoisotopic (exact) mass is 1130 g/mol. The van der Waals surface area contributed by atoms with Crippen molar-refractivity contribution in [2.75, 3.05) is 9.80 Å². The SMILES string of the molecule is CC(C)c1ccc(-c2ccc3c(c2)B2c4cc(C5CCCC5)ccc4N(c4ccc(C5CCCC5)cc4)c4c5c6c(c(c42)O3)N(c2ccc(C3CCCC3)cc2)c2ccc(C3CCCC3)cc2B6c2cc(-c3ccc(C(C)(C)C)cc3)ccc2O5)cc1. The Balaban J connectivity index is 0.965. The van der Waals surface area contributed by atoms with Gasteiger partial charge in [0.05, 0.1) is 11.4 Å². The minimum atomic E-state index is -0.156. The lowest BCUT2D eigenvalue weighted by atomic mass is 9.31. The first-order chi connectivity index (χ1) is 42.6. The minimum Gasteiger partial charge on any atom is -0.456 e. The van der Waals surface area contributed by atoms with Gasteiger partial charge in [-0.3, -0.25) is 0 Å². The van der Waals surface area contributed by atoms with Gasteiger partial charge in [0.1, 0.15) is 23.0 Å². The number of hydrogen-bond donors (Lipinski definition) is 0. The fourth-order valence-electron chi connectivity index (χ4n) is 17.5. The topological polar surface area (TPSA) is 24.9 Å². The number of fused-ring (bicyclic) bond motifs is 10. The minimum absolute atomic E-state index is 0.0570. The predicted octanol–water partition coefficient (Wildman–Crippen LogP) is 18.9. The van der Waals surface area contributed by atoms with Crippen LogP contribution in [0.1, 0.15) is 200 Å². The number of benzene rings is 9. The van der Waals surface area contributed by atoms with E-state index in [1.54, 1.807) is 0 Å². The second-order valence-corrected chi connectivity index (χ2v) is 28.8. The molecule has 4 heterocycles. The largest absolute Gasteiger partial charge is 0.456 e. The van der Waals surface area contributed by atoms with E-state index in [2.05, 4.69) is 214 Å². The number of rotatable bonds is 9. The van der Waals surface area contributed by atoms with Crippen LogP contribution in [0.5, 0.6) is 23.0 Å². The van der Waals surface area contributed by atoms with E-state index in [0.717, 1.165) is 45.7 Å². The zero-order valence-corrected chi connectivity index (χ0v) is 51.7. The first-order valence-electron chi connectivity index (χ1n) is 33.7. The van der Waals surface area contributed by atoms with Crippen molar-refractivity contribution in [1.82, 2.24) is 0 Å². The summed E-state index contributed by atoms with van der Waals surface area (Å²) < 4.78 is 16.1. The quantitative estimate of drug-likeness (QED) is 0.135. The van der Waals surface area contributed by atoms with Crippen LogP contribution in [0.25, 0.3) is 22.3 Å². The summed E-state index contributed by atoms with van der Waals surface area (Å²) in [7, 11) is 0. The van der Waals surface area contributed by atoms with Crippen LogP contribution in [0.2, 0.25) is 0 Å². The molecule has 8 aliphatic rings. The molecule has 0 radical (unpaired) electrons. The summed E-state index contributed by atoms with van der Waals surface area (Å²) in [5.41, 5.74) is 27.9. The smallest absolute Gasteiger partial charge is 0.256 e. The van der Waals surface area contributed by atoms with Crippen molar-refractivity contribution >= 4 is 80.3 Å². The lowest BCUT2D eigenvalue weighted by Gasteiger charge is -2.47. The van der Waals surface area contributed by atoms with Gasteiger partial charge >= 0.3 is 0 Å². The standard InChI is InChI=1S/C81H80B2N2O2/c1-50(2)51-22-24-58(25-23-51)62-34-44-73-69(48-62)82-67-46-60(54-18-10-11-19-54)32-42-71(67)84(65-38-28-56(29-39-65)52-14-6-7-15-52)77-75(82)79(86-73)78-76-80(77)87-74-45-35-63(59-26-36-64(37-27-59)81(3,4)5)49-70(74)83(76)68-47-61(55-20-12-13-21-55)33-43-72(68)85(78)66-40-30-57(31-41-66)53-16-8-9-17-53/h22-50,52-55H,6-21H2,1-5H3. The second kappa shape index (κ2) is 21.0. The van der Waals surface area contributed by atoms with Gasteiger partial charge in [-0.25, -0.2) is 0 Å². The molecule has 9 aromatic carbocycles. The number of nitrogens with zero attached hydrogens (tertiary/aromatic N) is 2. The zero-order chi connectivity index (χ0) is 58.2. The Labute approximate surface area is 517 Å². The van der Waals surface area contributed by atoms with Crippen molar-refractivity contribution in [2.24, 2.45) is 0 Å². The van der Waals surface area contributed by atoms with Crippen LogP contribution in [-0.4, -0.2) is 13.4 Å². The van der Waals surface area contributed by atoms with E-state index in [1.807, 2.05) is 0 Å². The second-order valence-electron chi connectivity index (χ2n) is 28.8. The lowest BCUT2D eigenvalue weighted by Crippen LogP contribution is -2.64. The molecule has 0 amide bonds. The third-order valence-electron chi connectivity index (χ3n) is 22.3. The maximum atomic E-state index is 8.03. The number of anilines is 6. The molecule has 0 unspecified atom stereocenters. The first kappa shape index (κ1) is 53.5. The molecule has 9 aromatic rings. The molecule has 4 saturated carbocycles. The van der Waals surface area contributed by atoms with Gasteiger partial charge in [-0.05, 0) is 212 Å². The molecule has 17 rings (SSSR count). The average Bonchev–Trinajstić information content (AvgIpc) is 0.848. The Hall–Kier alpha value is -7.69. The van der Waals surface area contributed by atoms with Gasteiger partial charge in [0.25, 0.3) is 13.4 Å². The van der Waals surface area contributed by atoms with Crippen LogP contribution in [0, 0.1) is 0 Å². The molecule has 0 bridgehead atoms. The van der Waals surface area contributed by atoms with Crippen LogP contribution in [-0.2, 0) is 5.41 Å². The maximum absolute atomic E-state index is 8.03. The Morgan fingerprint density at radius 1 is 0.379 bits per heavy atom. The highest BCUT2D eigenvalue weighted by Gasteiger charge is 2.53. The molecular weight excluding hydrogens is 1050 g/mol. The number of ether oxygens (including phenoxy) is 2. The Bertz CT molecular complexity index is 4150. The molecule has 87 heavy (non-hydrogen) atoms. The van der Waals surface area contributed by atoms with Gasteiger partial charge in [-0.2, -0.15) is 0 Å². The Morgan fingerprint density at radius 2 is 0.736 bits per heavy atom. The number of hydrogen-bond acceptors (Lipinski definition) is 4. The van der Waals surface area contributed by atoms with Gasteiger partial charge in [-0.15, -0.1) is 0 Å². The highest BCUT2D eigenvalue weighted by molar-refractivity contribution is 7.02. The van der Waals surface area contributed by atoms with Crippen LogP contribution in [0.4, 0.5) is 34.1 Å². The summed E-state index contributed by atoms with van der Waals surface area (Å²) >= 11 is 0. The molecule has 0 saturated heterocycles. The van der Waals surface area contributed by atoms with E-state index in [-0.39, 0.29) is 18.8 Å². The van der Waals surface area contributed by atoms with Gasteiger partial charge < -0.3 is 19.3 Å². The molecular formula is C81H80B2N2O2. The predicted molar refractivity (Wildman–Crippen MR) is 367 cm³/mol. The van der Waals surface area contributed by atoms with Gasteiger partial charge in [0.2, 0.25) is 0 Å². The summed E-state index contributed by atoms with van der Waals surface area (Å²) in [6.07, 6.45) is 20.4. The van der Waals surface area contributed by atoms with Gasteiger partial charge in [0.15, 0.2) is 0 Å². The van der Waals surface area contributed by atoms with Gasteiger partial charge in [0, 0.05) is 33.7 Å². The lowest BCUT2D eigenvalue weighted by molar-refractivity contribution is 0.477. The molecule has 6 heteroatoms. The van der Waals surface area contributed by atoms with Crippen molar-refractivity contribution in [1.29, 1.82) is 0 Å². The molecule has 4 aliphatic carbocycles. The van der Waals surface area contributed by atoms with E-state index >= 15 is 0 Å². The van der Waals surface area contributed by atoms with Crippen LogP contribution in [0.3, 0.4) is 0 Å². The van der Waals surface area contributed by atoms with E-state index in [9.17, 15) is 0 Å². The molecule has 4 aliphatic heterocycles. The average molecular weight is 1140 g/mol. The summed E-state index contributed by atoms with van der Waals surface area (Å²) in [6.45, 7) is 11.2. The van der Waals surface area contributed by atoms with Crippen LogP contribution < -0.4 is 52.1 Å². The molecule has 0 N–H and O–H groups in total. The highest BCUT2D eigenvalue weighted by Crippen LogP contribution is 2.55. The normalized spacial score (nSPS) is 17.9. The third kappa shape index (κ3) is 8.90. The van der Waals surface area contributed by atoms with Crippen molar-refractivity contribution in [3.05, 3.63) is 203 Å². The van der Waals surface area contributed by atoms with Crippen molar-refractivity contribution in [2.45, 2.75) is 172 Å². The van der Waals surface area contributed by atoms with Crippen molar-refractivity contribution in [3.63, 3.8) is 0 Å².